The van der Waals surface area contributed by atoms with Gasteiger partial charge in [0.15, 0.2) is 0 Å². The van der Waals surface area contributed by atoms with Crippen molar-refractivity contribution in [3.8, 4) is 0 Å². The van der Waals surface area contributed by atoms with Gasteiger partial charge in [-0.05, 0) is 43.9 Å². The molecule has 1 aromatic carbocycles. The number of hydrogen-bond donors (Lipinski definition) is 2. The minimum atomic E-state index is -1.19. The fourth-order valence-electron chi connectivity index (χ4n) is 6.85. The number of amides is 3. The van der Waals surface area contributed by atoms with Crippen LogP contribution in [-0.2, 0) is 23.9 Å². The maximum atomic E-state index is 14.0. The summed E-state index contributed by atoms with van der Waals surface area (Å²) in [6.45, 7) is 0.950. The van der Waals surface area contributed by atoms with Crippen molar-refractivity contribution in [2.45, 2.75) is 74.8 Å². The van der Waals surface area contributed by atoms with Crippen molar-refractivity contribution >= 4 is 46.6 Å². The van der Waals surface area contributed by atoms with Gasteiger partial charge in [-0.2, -0.15) is 0 Å². The smallest absolute Gasteiger partial charge is 0.246 e. The second-order valence-electron chi connectivity index (χ2n) is 10.8. The fourth-order valence-corrected chi connectivity index (χ4v) is 7.38. The molecule has 0 radical (unpaired) electrons. The summed E-state index contributed by atoms with van der Waals surface area (Å²) in [6.07, 6.45) is 9.87. The molecule has 0 aromatic heterocycles. The van der Waals surface area contributed by atoms with Gasteiger partial charge in [0, 0.05) is 34.9 Å². The van der Waals surface area contributed by atoms with Gasteiger partial charge in [0.25, 0.3) is 0 Å². The molecule has 0 unspecified atom stereocenters. The normalized spacial score (nSPS) is 34.7. The van der Waals surface area contributed by atoms with Crippen LogP contribution >= 0.6 is 23.2 Å². The Hall–Kier alpha value is -2.13. The van der Waals surface area contributed by atoms with Crippen molar-refractivity contribution in [3.63, 3.8) is 0 Å². The first kappa shape index (κ1) is 25.2. The number of nitrogens with zero attached hydrogens (tertiary/aromatic N) is 1. The number of ether oxygens (including phenoxy) is 2. The number of carbonyl (C=O) groups excluding carboxylic acids is 3. The number of rotatable bonds is 6. The van der Waals surface area contributed by atoms with E-state index < -0.39 is 29.6 Å². The van der Waals surface area contributed by atoms with Gasteiger partial charge in [-0.15, -0.1) is 0 Å². The van der Waals surface area contributed by atoms with Crippen molar-refractivity contribution in [2.24, 2.45) is 11.8 Å². The minimum absolute atomic E-state index is 0.0886. The molecule has 4 fully saturated rings. The lowest BCUT2D eigenvalue weighted by Crippen LogP contribution is -2.57. The Kier molecular flexibility index (Phi) is 6.72. The van der Waals surface area contributed by atoms with E-state index in [2.05, 4.69) is 10.6 Å². The largest absolute Gasteiger partial charge is 0.376 e. The number of carbonyl (C=O) groups is 3. The molecule has 6 rings (SSSR count). The third-order valence-corrected chi connectivity index (χ3v) is 8.87. The predicted molar refractivity (Wildman–Crippen MR) is 138 cm³/mol. The monoisotopic (exact) mass is 547 g/mol. The van der Waals surface area contributed by atoms with Gasteiger partial charge >= 0.3 is 0 Å². The fraction of sp³-hybridized carbons (Fsp3) is 0.593. The number of hydrogen-bond acceptors (Lipinski definition) is 5. The zero-order chi connectivity index (χ0) is 25.7. The van der Waals surface area contributed by atoms with Crippen LogP contribution < -0.4 is 10.6 Å². The Labute approximate surface area is 226 Å². The van der Waals surface area contributed by atoms with Gasteiger partial charge in [-0.3, -0.25) is 14.4 Å². The van der Waals surface area contributed by atoms with Crippen molar-refractivity contribution < 1.29 is 23.9 Å². The number of fused-ring (bicyclic) bond motifs is 1. The molecule has 1 aromatic rings. The molecule has 2 bridgehead atoms. The second kappa shape index (κ2) is 9.88. The highest BCUT2D eigenvalue weighted by atomic mass is 35.5. The standard InChI is InChI=1S/C27H31Cl2N3O5/c28-15-11-16(29)13-18(12-15)31-24(33)21-20-8-9-27(37-20)22(21)26(35)32(14-19-7-4-10-36-19)23(27)25(34)30-17-5-2-1-3-6-17/h8-9,11-13,17,19-23H,1-7,10,14H2,(H,30,34)(H,31,33)/t19-,20-,21+,22-,23+,27-/m0/s1. The van der Waals surface area contributed by atoms with Crippen LogP contribution in [0.25, 0.3) is 0 Å². The molecule has 3 amide bonds. The molecule has 1 aliphatic carbocycles. The molecule has 6 atom stereocenters. The summed E-state index contributed by atoms with van der Waals surface area (Å²) in [5.74, 6) is -2.40. The SMILES string of the molecule is O=C(Nc1cc(Cl)cc(Cl)c1)[C@@H]1[C@@H]2C=C[C@]3(O2)[C@@H]1C(=O)N(C[C@@H]1CCCO1)[C@@H]3C(=O)NC1CCCCC1. The van der Waals surface area contributed by atoms with E-state index in [0.29, 0.717) is 28.9 Å². The van der Waals surface area contributed by atoms with E-state index >= 15 is 0 Å². The van der Waals surface area contributed by atoms with Crippen LogP contribution in [0.3, 0.4) is 0 Å². The third-order valence-electron chi connectivity index (χ3n) is 8.43. The molecule has 10 heteroatoms. The zero-order valence-electron chi connectivity index (χ0n) is 20.5. The molecule has 2 N–H and O–H groups in total. The maximum Gasteiger partial charge on any atom is 0.246 e. The van der Waals surface area contributed by atoms with Crippen molar-refractivity contribution in [1.82, 2.24) is 10.2 Å². The number of likely N-dealkylation sites (tertiary alicyclic amines) is 1. The van der Waals surface area contributed by atoms with Gasteiger partial charge in [0.2, 0.25) is 17.7 Å². The van der Waals surface area contributed by atoms with E-state index in [0.717, 1.165) is 38.5 Å². The molecule has 4 aliphatic heterocycles. The predicted octanol–water partition coefficient (Wildman–Crippen LogP) is 3.71. The summed E-state index contributed by atoms with van der Waals surface area (Å²) in [7, 11) is 0. The summed E-state index contributed by atoms with van der Waals surface area (Å²) in [5, 5.41) is 6.85. The van der Waals surface area contributed by atoms with Crippen molar-refractivity contribution in [1.29, 1.82) is 0 Å². The van der Waals surface area contributed by atoms with Gasteiger partial charge in [-0.25, -0.2) is 0 Å². The summed E-state index contributed by atoms with van der Waals surface area (Å²) < 4.78 is 12.2. The van der Waals surface area contributed by atoms with Gasteiger partial charge in [0.1, 0.15) is 11.6 Å². The van der Waals surface area contributed by atoms with Crippen LogP contribution in [0.5, 0.6) is 0 Å². The number of nitrogens with one attached hydrogen (secondary N) is 2. The number of halogens is 2. The van der Waals surface area contributed by atoms with Crippen LogP contribution in [0.1, 0.15) is 44.9 Å². The number of benzene rings is 1. The molecule has 3 saturated heterocycles. The van der Waals surface area contributed by atoms with E-state index in [9.17, 15) is 14.4 Å². The Morgan fingerprint density at radius 2 is 1.78 bits per heavy atom. The molecular weight excluding hydrogens is 517 g/mol. The first-order valence-corrected chi connectivity index (χ1v) is 14.0. The van der Waals surface area contributed by atoms with E-state index in [1.54, 1.807) is 23.1 Å². The lowest BCUT2D eigenvalue weighted by Gasteiger charge is -2.34. The van der Waals surface area contributed by atoms with Crippen LogP contribution in [0.4, 0.5) is 5.69 Å². The highest BCUT2D eigenvalue weighted by Crippen LogP contribution is 2.55. The van der Waals surface area contributed by atoms with E-state index in [4.69, 9.17) is 32.7 Å². The van der Waals surface area contributed by atoms with Gasteiger partial charge in [-0.1, -0.05) is 54.6 Å². The Morgan fingerprint density at radius 3 is 2.49 bits per heavy atom. The topological polar surface area (TPSA) is 97.0 Å². The Balaban J connectivity index is 1.30. The van der Waals surface area contributed by atoms with Crippen molar-refractivity contribution in [3.05, 3.63) is 40.4 Å². The first-order chi connectivity index (χ1) is 17.9. The van der Waals surface area contributed by atoms with Crippen LogP contribution in [0.15, 0.2) is 30.4 Å². The maximum absolute atomic E-state index is 14.0. The molecule has 1 saturated carbocycles. The molecule has 5 aliphatic rings. The number of anilines is 1. The second-order valence-corrected chi connectivity index (χ2v) is 11.7. The third kappa shape index (κ3) is 4.46. The van der Waals surface area contributed by atoms with Crippen molar-refractivity contribution in [2.75, 3.05) is 18.5 Å². The van der Waals surface area contributed by atoms with Crippen LogP contribution in [0, 0.1) is 11.8 Å². The molecule has 8 nitrogen and oxygen atoms in total. The lowest BCUT2D eigenvalue weighted by atomic mass is 9.74. The average Bonchev–Trinajstić information content (AvgIpc) is 3.62. The highest BCUT2D eigenvalue weighted by Gasteiger charge is 2.73. The quantitative estimate of drug-likeness (QED) is 0.529. The zero-order valence-corrected chi connectivity index (χ0v) is 22.0. The Morgan fingerprint density at radius 1 is 1.03 bits per heavy atom. The highest BCUT2D eigenvalue weighted by molar-refractivity contribution is 6.35. The summed E-state index contributed by atoms with van der Waals surface area (Å²) >= 11 is 12.2. The molecule has 198 valence electrons. The lowest BCUT2D eigenvalue weighted by molar-refractivity contribution is -0.143. The molecule has 4 heterocycles. The van der Waals surface area contributed by atoms with E-state index in [-0.39, 0.29) is 29.9 Å². The van der Waals surface area contributed by atoms with Gasteiger partial charge in [0.05, 0.1) is 24.0 Å². The first-order valence-electron chi connectivity index (χ1n) is 13.2. The van der Waals surface area contributed by atoms with E-state index in [1.807, 2.05) is 12.2 Å². The molecule has 1 spiro atoms. The van der Waals surface area contributed by atoms with E-state index in [1.165, 1.54) is 6.42 Å². The van der Waals surface area contributed by atoms with Crippen LogP contribution in [0.2, 0.25) is 10.0 Å². The van der Waals surface area contributed by atoms with Crippen LogP contribution in [-0.4, -0.2) is 65.7 Å². The minimum Gasteiger partial charge on any atom is -0.376 e. The summed E-state index contributed by atoms with van der Waals surface area (Å²) in [5.41, 5.74) is -0.746. The molecular formula is C27H31Cl2N3O5. The van der Waals surface area contributed by atoms with Gasteiger partial charge < -0.3 is 25.0 Å². The average molecular weight is 548 g/mol. The molecule has 37 heavy (non-hydrogen) atoms. The Bertz CT molecular complexity index is 1110. The summed E-state index contributed by atoms with van der Waals surface area (Å²) in [6, 6.07) is 4.02. The summed E-state index contributed by atoms with van der Waals surface area (Å²) in [4.78, 5) is 43.0.